The molecule has 0 aliphatic carbocycles. The lowest BCUT2D eigenvalue weighted by molar-refractivity contribution is 0.416. The van der Waals surface area contributed by atoms with Crippen LogP contribution >= 0.6 is 11.8 Å². The number of hydrogen-bond acceptors (Lipinski definition) is 5. The van der Waals surface area contributed by atoms with E-state index in [-0.39, 0.29) is 5.82 Å². The normalized spacial score (nSPS) is 10.7. The summed E-state index contributed by atoms with van der Waals surface area (Å²) in [7, 11) is 1.59. The van der Waals surface area contributed by atoms with Crippen molar-refractivity contribution in [2.24, 2.45) is 0 Å². The molecule has 0 amide bonds. The molecule has 0 atom stereocenters. The summed E-state index contributed by atoms with van der Waals surface area (Å²) in [6.07, 6.45) is 0. The first kappa shape index (κ1) is 15.4. The number of methoxy groups -OCH3 is 1. The van der Waals surface area contributed by atoms with Crippen molar-refractivity contribution in [3.05, 3.63) is 59.9 Å². The monoisotopic (exact) mass is 330 g/mol. The molecule has 23 heavy (non-hydrogen) atoms. The maximum absolute atomic E-state index is 13.2. The number of ether oxygens (including phenoxy) is 1. The van der Waals surface area contributed by atoms with Gasteiger partial charge in [0.15, 0.2) is 5.82 Å². The lowest BCUT2D eigenvalue weighted by Crippen LogP contribution is -2.12. The number of thioether (sulfide) groups is 1. The number of rotatable bonds is 5. The molecule has 0 radical (unpaired) electrons. The minimum absolute atomic E-state index is 0.257. The average molecular weight is 330 g/mol. The molecule has 3 aromatic rings. The summed E-state index contributed by atoms with van der Waals surface area (Å²) in [4.78, 5) is 0. The van der Waals surface area contributed by atoms with E-state index < -0.39 is 0 Å². The average Bonchev–Trinajstić information content (AvgIpc) is 2.93. The Hall–Kier alpha value is -2.54. The maximum Gasteiger partial charge on any atom is 0.210 e. The summed E-state index contributed by atoms with van der Waals surface area (Å²) in [6.45, 7) is 0. The fraction of sp³-hybridized carbons (Fsp3) is 0.125. The van der Waals surface area contributed by atoms with Gasteiger partial charge in [-0.2, -0.15) is 0 Å². The van der Waals surface area contributed by atoms with Crippen LogP contribution in [0.25, 0.3) is 11.4 Å². The number of nitrogens with zero attached hydrogens (tertiary/aromatic N) is 3. The van der Waals surface area contributed by atoms with Gasteiger partial charge in [0.2, 0.25) is 5.16 Å². The first-order valence-corrected chi connectivity index (χ1v) is 7.88. The Morgan fingerprint density at radius 2 is 2.00 bits per heavy atom. The first-order valence-electron chi connectivity index (χ1n) is 6.90. The van der Waals surface area contributed by atoms with Crippen molar-refractivity contribution in [2.75, 3.05) is 13.0 Å². The largest absolute Gasteiger partial charge is 0.496 e. The van der Waals surface area contributed by atoms with E-state index in [4.69, 9.17) is 10.6 Å². The molecule has 7 heteroatoms. The van der Waals surface area contributed by atoms with E-state index in [9.17, 15) is 4.39 Å². The Morgan fingerprint density at radius 1 is 1.17 bits per heavy atom. The van der Waals surface area contributed by atoms with Gasteiger partial charge in [-0.1, -0.05) is 36.0 Å². The van der Waals surface area contributed by atoms with Crippen molar-refractivity contribution < 1.29 is 9.13 Å². The fourth-order valence-corrected chi connectivity index (χ4v) is 2.96. The SMILES string of the molecule is COc1ccccc1-c1nnc(SCc2cccc(F)c2)n1N. The van der Waals surface area contributed by atoms with E-state index in [1.807, 2.05) is 30.3 Å². The van der Waals surface area contributed by atoms with Crippen molar-refractivity contribution in [3.63, 3.8) is 0 Å². The Kier molecular flexibility index (Phi) is 4.47. The van der Waals surface area contributed by atoms with Crippen LogP contribution in [-0.4, -0.2) is 22.0 Å². The Balaban J connectivity index is 1.82. The summed E-state index contributed by atoms with van der Waals surface area (Å²) < 4.78 is 19.9. The van der Waals surface area contributed by atoms with Crippen LogP contribution in [0.15, 0.2) is 53.7 Å². The highest BCUT2D eigenvalue weighted by molar-refractivity contribution is 7.98. The van der Waals surface area contributed by atoms with Gasteiger partial charge < -0.3 is 10.6 Å². The third kappa shape index (κ3) is 3.29. The van der Waals surface area contributed by atoms with Gasteiger partial charge >= 0.3 is 0 Å². The molecule has 1 heterocycles. The quantitative estimate of drug-likeness (QED) is 0.575. The second kappa shape index (κ2) is 6.70. The van der Waals surface area contributed by atoms with Crippen LogP contribution in [0.2, 0.25) is 0 Å². The van der Waals surface area contributed by atoms with E-state index >= 15 is 0 Å². The van der Waals surface area contributed by atoms with Crippen molar-refractivity contribution in [1.82, 2.24) is 14.9 Å². The smallest absolute Gasteiger partial charge is 0.210 e. The zero-order valence-electron chi connectivity index (χ0n) is 12.4. The fourth-order valence-electron chi connectivity index (χ4n) is 2.16. The van der Waals surface area contributed by atoms with Crippen LogP contribution in [-0.2, 0) is 5.75 Å². The van der Waals surface area contributed by atoms with E-state index in [0.717, 1.165) is 11.1 Å². The minimum atomic E-state index is -0.257. The number of halogens is 1. The number of aromatic nitrogens is 3. The van der Waals surface area contributed by atoms with Crippen LogP contribution in [0.5, 0.6) is 5.75 Å². The third-order valence-electron chi connectivity index (χ3n) is 3.27. The molecule has 0 saturated carbocycles. The molecule has 0 spiro atoms. The molecule has 3 rings (SSSR count). The van der Waals surface area contributed by atoms with Gasteiger partial charge in [0.1, 0.15) is 11.6 Å². The van der Waals surface area contributed by atoms with Crippen LogP contribution in [0.1, 0.15) is 5.56 Å². The predicted octanol–water partition coefficient (Wildman–Crippen LogP) is 3.10. The summed E-state index contributed by atoms with van der Waals surface area (Å²) in [6, 6.07) is 13.9. The molecule has 0 fully saturated rings. The number of nitrogen functional groups attached to an aromatic ring is 1. The zero-order chi connectivity index (χ0) is 16.2. The van der Waals surface area contributed by atoms with Crippen LogP contribution < -0.4 is 10.6 Å². The molecule has 2 N–H and O–H groups in total. The summed E-state index contributed by atoms with van der Waals surface area (Å²) >= 11 is 1.39. The molecule has 0 bridgehead atoms. The second-order valence-electron chi connectivity index (χ2n) is 4.80. The van der Waals surface area contributed by atoms with Crippen LogP contribution in [0.4, 0.5) is 4.39 Å². The summed E-state index contributed by atoms with van der Waals surface area (Å²) in [5.74, 6) is 7.58. The van der Waals surface area contributed by atoms with Gasteiger partial charge in [-0.25, -0.2) is 9.07 Å². The first-order chi connectivity index (χ1) is 11.2. The third-order valence-corrected chi connectivity index (χ3v) is 4.28. The van der Waals surface area contributed by atoms with Gasteiger partial charge in [0.05, 0.1) is 12.7 Å². The molecule has 0 unspecified atom stereocenters. The predicted molar refractivity (Wildman–Crippen MR) is 88.1 cm³/mol. The lowest BCUT2D eigenvalue weighted by atomic mass is 10.2. The van der Waals surface area contributed by atoms with Gasteiger partial charge in [-0.3, -0.25) is 0 Å². The maximum atomic E-state index is 13.2. The highest BCUT2D eigenvalue weighted by atomic mass is 32.2. The van der Waals surface area contributed by atoms with E-state index in [2.05, 4.69) is 10.2 Å². The Bertz CT molecular complexity index is 821. The molecule has 0 aliphatic heterocycles. The zero-order valence-corrected chi connectivity index (χ0v) is 13.3. The van der Waals surface area contributed by atoms with Crippen molar-refractivity contribution >= 4 is 11.8 Å². The van der Waals surface area contributed by atoms with Crippen molar-refractivity contribution in [2.45, 2.75) is 10.9 Å². The molecule has 2 aromatic carbocycles. The van der Waals surface area contributed by atoms with E-state index in [1.165, 1.54) is 28.6 Å². The van der Waals surface area contributed by atoms with Gasteiger partial charge in [0.25, 0.3) is 0 Å². The van der Waals surface area contributed by atoms with Crippen LogP contribution in [0, 0.1) is 5.82 Å². The van der Waals surface area contributed by atoms with E-state index in [0.29, 0.717) is 22.5 Å². The summed E-state index contributed by atoms with van der Waals surface area (Å²) in [5, 5.41) is 8.80. The number of para-hydroxylation sites is 1. The number of benzene rings is 2. The lowest BCUT2D eigenvalue weighted by Gasteiger charge is -2.07. The van der Waals surface area contributed by atoms with Gasteiger partial charge in [-0.05, 0) is 29.8 Å². The highest BCUT2D eigenvalue weighted by Gasteiger charge is 2.15. The van der Waals surface area contributed by atoms with Crippen molar-refractivity contribution in [1.29, 1.82) is 0 Å². The van der Waals surface area contributed by atoms with Gasteiger partial charge in [0, 0.05) is 5.75 Å². The number of nitrogens with two attached hydrogens (primary N) is 1. The molecule has 0 aliphatic rings. The Morgan fingerprint density at radius 3 is 2.78 bits per heavy atom. The van der Waals surface area contributed by atoms with Gasteiger partial charge in [-0.15, -0.1) is 10.2 Å². The minimum Gasteiger partial charge on any atom is -0.496 e. The molecule has 118 valence electrons. The molecular weight excluding hydrogens is 315 g/mol. The molecule has 5 nitrogen and oxygen atoms in total. The van der Waals surface area contributed by atoms with Crippen LogP contribution in [0.3, 0.4) is 0 Å². The standard InChI is InChI=1S/C16H15FN4OS/c1-22-14-8-3-2-7-13(14)15-19-20-16(21(15)18)23-10-11-5-4-6-12(17)9-11/h2-9H,10,18H2,1H3. The van der Waals surface area contributed by atoms with E-state index in [1.54, 1.807) is 13.2 Å². The molecular formula is C16H15FN4OS. The highest BCUT2D eigenvalue weighted by Crippen LogP contribution is 2.30. The second-order valence-corrected chi connectivity index (χ2v) is 5.74. The Labute approximate surface area is 137 Å². The summed E-state index contributed by atoms with van der Waals surface area (Å²) in [5.41, 5.74) is 1.62. The number of hydrogen-bond donors (Lipinski definition) is 1. The van der Waals surface area contributed by atoms with Crippen molar-refractivity contribution in [3.8, 4) is 17.1 Å². The molecule has 0 saturated heterocycles. The topological polar surface area (TPSA) is 66.0 Å². The molecule has 1 aromatic heterocycles.